The first-order valence-electron chi connectivity index (χ1n) is 5.01. The Hall–Kier alpha value is -1.57. The van der Waals surface area contributed by atoms with Crippen molar-refractivity contribution in [3.8, 4) is 0 Å². The number of aliphatic hydroxyl groups is 1. The molecule has 0 aromatic carbocycles. The molecule has 0 bridgehead atoms. The second kappa shape index (κ2) is 5.17. The molecule has 17 heavy (non-hydrogen) atoms. The summed E-state index contributed by atoms with van der Waals surface area (Å²) in [7, 11) is 0. The number of hydrogen-bond acceptors (Lipinski definition) is 5. The van der Waals surface area contributed by atoms with Crippen molar-refractivity contribution in [2.75, 3.05) is 0 Å². The van der Waals surface area contributed by atoms with Crippen molar-refractivity contribution in [3.63, 3.8) is 0 Å². The van der Waals surface area contributed by atoms with Gasteiger partial charge in [0.05, 0.1) is 6.54 Å². The van der Waals surface area contributed by atoms with Crippen molar-refractivity contribution in [1.82, 2.24) is 15.5 Å². The minimum atomic E-state index is -3.83. The van der Waals surface area contributed by atoms with Crippen molar-refractivity contribution in [1.29, 1.82) is 0 Å². The highest BCUT2D eigenvalue weighted by Gasteiger charge is 2.45. The fraction of sp³-hybridized carbons (Fsp3) is 0.667. The van der Waals surface area contributed by atoms with Gasteiger partial charge in [0.15, 0.2) is 5.82 Å². The molecule has 1 aromatic rings. The monoisotopic (exact) mass is 249 g/mol. The number of aryl methyl sites for hydroxylation is 1. The van der Waals surface area contributed by atoms with Gasteiger partial charge >= 0.3 is 5.92 Å². The topological polar surface area (TPSA) is 88.2 Å². The molecule has 0 aliphatic heterocycles. The fourth-order valence-electron chi connectivity index (χ4n) is 1.09. The molecular formula is C9H13F2N3O3. The van der Waals surface area contributed by atoms with Crippen LogP contribution in [0.2, 0.25) is 0 Å². The van der Waals surface area contributed by atoms with Crippen LogP contribution in [0.5, 0.6) is 0 Å². The molecule has 1 atom stereocenters. The van der Waals surface area contributed by atoms with Crippen LogP contribution in [-0.2, 0) is 11.3 Å². The van der Waals surface area contributed by atoms with Crippen LogP contribution in [0.4, 0.5) is 8.78 Å². The van der Waals surface area contributed by atoms with Gasteiger partial charge in [-0.15, -0.1) is 0 Å². The van der Waals surface area contributed by atoms with E-state index in [1.807, 2.05) is 5.32 Å². The number of rotatable bonds is 5. The second-order valence-corrected chi connectivity index (χ2v) is 3.47. The van der Waals surface area contributed by atoms with Gasteiger partial charge in [-0.1, -0.05) is 12.1 Å². The number of carbonyl (C=O) groups excluding carboxylic acids is 1. The quantitative estimate of drug-likeness (QED) is 0.788. The lowest BCUT2D eigenvalue weighted by Gasteiger charge is -2.19. The summed E-state index contributed by atoms with van der Waals surface area (Å²) < 4.78 is 31.0. The molecule has 0 spiro atoms. The number of aliphatic hydroxyl groups excluding tert-OH is 1. The van der Waals surface area contributed by atoms with Gasteiger partial charge in [0.25, 0.3) is 5.91 Å². The average Bonchev–Trinajstić information content (AvgIpc) is 2.70. The molecule has 6 nitrogen and oxygen atoms in total. The fourth-order valence-corrected chi connectivity index (χ4v) is 1.09. The van der Waals surface area contributed by atoms with Crippen LogP contribution in [0.3, 0.4) is 0 Å². The molecule has 1 amide bonds. The number of nitrogens with one attached hydrogen (secondary N) is 1. The van der Waals surface area contributed by atoms with E-state index in [0.717, 1.165) is 0 Å². The van der Waals surface area contributed by atoms with E-state index in [9.17, 15) is 13.6 Å². The van der Waals surface area contributed by atoms with E-state index in [4.69, 9.17) is 5.11 Å². The lowest BCUT2D eigenvalue weighted by Crippen LogP contribution is -2.47. The van der Waals surface area contributed by atoms with Gasteiger partial charge in [-0.05, 0) is 13.3 Å². The molecule has 1 aromatic heterocycles. The first-order valence-corrected chi connectivity index (χ1v) is 5.01. The zero-order chi connectivity index (χ0) is 13.1. The Morgan fingerprint density at radius 1 is 1.65 bits per heavy atom. The van der Waals surface area contributed by atoms with E-state index in [1.54, 1.807) is 6.92 Å². The normalized spacial score (nSPS) is 13.5. The summed E-state index contributed by atoms with van der Waals surface area (Å²) in [5.41, 5.74) is 0. The van der Waals surface area contributed by atoms with Gasteiger partial charge < -0.3 is 14.9 Å². The lowest BCUT2D eigenvalue weighted by atomic mass is 10.1. The maximum atomic E-state index is 13.2. The second-order valence-electron chi connectivity index (χ2n) is 3.47. The predicted molar refractivity (Wildman–Crippen MR) is 52.1 cm³/mol. The maximum absolute atomic E-state index is 13.2. The molecule has 96 valence electrons. The molecule has 8 heteroatoms. The van der Waals surface area contributed by atoms with E-state index in [-0.39, 0.29) is 18.9 Å². The minimum Gasteiger partial charge on any atom is -0.386 e. The van der Waals surface area contributed by atoms with E-state index >= 15 is 0 Å². The summed E-state index contributed by atoms with van der Waals surface area (Å²) >= 11 is 0. The summed E-state index contributed by atoms with van der Waals surface area (Å²) in [5.74, 6) is -5.03. The molecular weight excluding hydrogens is 236 g/mol. The Labute approximate surface area is 96.0 Å². The molecule has 1 unspecified atom stereocenters. The smallest absolute Gasteiger partial charge is 0.349 e. The van der Waals surface area contributed by atoms with Gasteiger partial charge in [0.2, 0.25) is 5.89 Å². The molecule has 0 saturated carbocycles. The number of alkyl halides is 2. The summed E-state index contributed by atoms with van der Waals surface area (Å²) in [4.78, 5) is 14.9. The van der Waals surface area contributed by atoms with Crippen molar-refractivity contribution in [2.45, 2.75) is 38.8 Å². The van der Waals surface area contributed by atoms with Gasteiger partial charge in [0, 0.05) is 0 Å². The number of aromatic nitrogens is 2. The van der Waals surface area contributed by atoms with Crippen molar-refractivity contribution in [2.24, 2.45) is 0 Å². The molecule has 0 saturated heterocycles. The zero-order valence-corrected chi connectivity index (χ0v) is 9.41. The van der Waals surface area contributed by atoms with Crippen LogP contribution in [0.1, 0.15) is 25.1 Å². The third kappa shape index (κ3) is 3.19. The number of hydrogen-bond donors (Lipinski definition) is 2. The molecule has 0 aliphatic rings. The van der Waals surface area contributed by atoms with Crippen LogP contribution in [0.15, 0.2) is 4.52 Å². The van der Waals surface area contributed by atoms with Gasteiger partial charge in [-0.2, -0.15) is 13.8 Å². The molecule has 2 N–H and O–H groups in total. The molecule has 0 radical (unpaired) electrons. The highest BCUT2D eigenvalue weighted by atomic mass is 19.3. The summed E-state index contributed by atoms with van der Waals surface area (Å²) in [6.45, 7) is 2.61. The predicted octanol–water partition coefficient (Wildman–Crippen LogP) is 0.400. The molecule has 0 fully saturated rings. The van der Waals surface area contributed by atoms with Crippen LogP contribution in [0, 0.1) is 6.92 Å². The summed E-state index contributed by atoms with van der Waals surface area (Å²) in [6, 6.07) is 0. The number of nitrogens with zero attached hydrogens (tertiary/aromatic N) is 2. The van der Waals surface area contributed by atoms with Gasteiger partial charge in [-0.25, -0.2) is 0 Å². The Morgan fingerprint density at radius 3 is 2.76 bits per heavy atom. The third-order valence-electron chi connectivity index (χ3n) is 2.08. The Balaban J connectivity index is 2.55. The van der Waals surface area contributed by atoms with Gasteiger partial charge in [-0.3, -0.25) is 4.79 Å². The standard InChI is InChI=1S/C9H13F2N3O3/c1-3-6(15)9(10,11)8(16)12-4-7-13-5(2)14-17-7/h6,15H,3-4H2,1-2H3,(H,12,16). The number of carbonyl (C=O) groups is 1. The zero-order valence-electron chi connectivity index (χ0n) is 9.41. The molecule has 0 aliphatic carbocycles. The Bertz CT molecular complexity index is 395. The van der Waals surface area contributed by atoms with Crippen molar-refractivity contribution in [3.05, 3.63) is 11.7 Å². The highest BCUT2D eigenvalue weighted by molar-refractivity contribution is 5.83. The minimum absolute atomic E-state index is 0.0256. The van der Waals surface area contributed by atoms with Crippen LogP contribution in [0.25, 0.3) is 0 Å². The van der Waals surface area contributed by atoms with E-state index < -0.39 is 17.9 Å². The lowest BCUT2D eigenvalue weighted by molar-refractivity contribution is -0.163. The third-order valence-corrected chi connectivity index (χ3v) is 2.08. The number of halogens is 2. The van der Waals surface area contributed by atoms with E-state index in [2.05, 4.69) is 14.7 Å². The van der Waals surface area contributed by atoms with Crippen LogP contribution < -0.4 is 5.32 Å². The first-order chi connectivity index (χ1) is 7.87. The van der Waals surface area contributed by atoms with E-state index in [1.165, 1.54) is 6.92 Å². The maximum Gasteiger partial charge on any atom is 0.349 e. The average molecular weight is 249 g/mol. The first kappa shape index (κ1) is 13.5. The van der Waals surface area contributed by atoms with Crippen LogP contribution in [-0.4, -0.2) is 33.2 Å². The largest absolute Gasteiger partial charge is 0.386 e. The number of amides is 1. The Kier molecular flexibility index (Phi) is 4.11. The summed E-state index contributed by atoms with van der Waals surface area (Å²) in [6.07, 6.45) is -2.23. The van der Waals surface area contributed by atoms with Crippen molar-refractivity contribution >= 4 is 5.91 Å². The molecule has 1 rings (SSSR count). The molecule has 1 heterocycles. The van der Waals surface area contributed by atoms with Gasteiger partial charge in [0.1, 0.15) is 6.10 Å². The SMILES string of the molecule is CCC(O)C(F)(F)C(=O)NCc1nc(C)no1. The summed E-state index contributed by atoms with van der Waals surface area (Å²) in [5, 5.41) is 14.4. The highest BCUT2D eigenvalue weighted by Crippen LogP contribution is 2.21. The van der Waals surface area contributed by atoms with E-state index in [0.29, 0.717) is 5.82 Å². The van der Waals surface area contributed by atoms with Crippen LogP contribution >= 0.6 is 0 Å². The van der Waals surface area contributed by atoms with Crippen molar-refractivity contribution < 1.29 is 23.2 Å². The Morgan fingerprint density at radius 2 is 2.29 bits per heavy atom.